The first kappa shape index (κ1) is 24.6. The molecule has 2 rings (SSSR count). The van der Waals surface area contributed by atoms with Crippen LogP contribution in [0.2, 0.25) is 0 Å². The number of hydrogen-bond acceptors (Lipinski definition) is 6. The second-order valence-electron chi connectivity index (χ2n) is 6.87. The van der Waals surface area contributed by atoms with E-state index in [0.717, 1.165) is 24.3 Å². The number of ketones is 1. The maximum atomic E-state index is 12.6. The van der Waals surface area contributed by atoms with E-state index in [4.69, 9.17) is 4.74 Å². The van der Waals surface area contributed by atoms with Crippen LogP contribution >= 0.6 is 0 Å². The Labute approximate surface area is 181 Å². The van der Waals surface area contributed by atoms with Crippen molar-refractivity contribution in [2.75, 3.05) is 13.7 Å². The lowest BCUT2D eigenvalue weighted by Crippen LogP contribution is -2.34. The number of rotatable bonds is 7. The summed E-state index contributed by atoms with van der Waals surface area (Å²) in [6.07, 6.45) is -5.76. The summed E-state index contributed by atoms with van der Waals surface area (Å²) in [5.74, 6) is -2.93. The SMILES string of the molecule is COC(=O)c1c(C)[nH]c(C(=O)[C@@H](C)OC(=O)CNC(=O)c2ccc(C(F)(F)F)cc2)c1C. The van der Waals surface area contributed by atoms with E-state index in [9.17, 15) is 32.3 Å². The number of nitrogens with one attached hydrogen (secondary N) is 2. The molecule has 172 valence electrons. The third-order valence-corrected chi connectivity index (χ3v) is 4.62. The summed E-state index contributed by atoms with van der Waals surface area (Å²) in [7, 11) is 1.21. The molecule has 0 bridgehead atoms. The second-order valence-corrected chi connectivity index (χ2v) is 6.87. The number of aromatic nitrogens is 1. The number of benzene rings is 1. The number of methoxy groups -OCH3 is 1. The molecule has 0 aliphatic heterocycles. The molecule has 1 aromatic carbocycles. The number of amides is 1. The summed E-state index contributed by atoms with van der Waals surface area (Å²) in [5, 5.41) is 2.21. The van der Waals surface area contributed by atoms with Crippen LogP contribution in [0.1, 0.15) is 54.9 Å². The van der Waals surface area contributed by atoms with E-state index >= 15 is 0 Å². The number of aromatic amines is 1. The molecule has 1 atom stereocenters. The molecule has 0 aliphatic carbocycles. The van der Waals surface area contributed by atoms with Crippen molar-refractivity contribution in [2.45, 2.75) is 33.1 Å². The van der Waals surface area contributed by atoms with Crippen molar-refractivity contribution in [3.63, 3.8) is 0 Å². The Bertz CT molecular complexity index is 1040. The summed E-state index contributed by atoms with van der Waals surface area (Å²) >= 11 is 0. The van der Waals surface area contributed by atoms with Gasteiger partial charge in [0.25, 0.3) is 5.91 Å². The monoisotopic (exact) mass is 454 g/mol. The van der Waals surface area contributed by atoms with E-state index < -0.39 is 48.0 Å². The van der Waals surface area contributed by atoms with Crippen LogP contribution in [-0.4, -0.2) is 48.4 Å². The van der Waals surface area contributed by atoms with Crippen molar-refractivity contribution >= 4 is 23.6 Å². The number of aryl methyl sites for hydroxylation is 1. The molecule has 0 spiro atoms. The number of Topliss-reactive ketones (excluding diaryl/α,β-unsaturated/α-hetero) is 1. The van der Waals surface area contributed by atoms with E-state index in [1.165, 1.54) is 14.0 Å². The maximum absolute atomic E-state index is 12.6. The van der Waals surface area contributed by atoms with Crippen molar-refractivity contribution in [3.8, 4) is 0 Å². The van der Waals surface area contributed by atoms with Gasteiger partial charge >= 0.3 is 18.1 Å². The molecule has 2 aromatic rings. The summed E-state index contributed by atoms with van der Waals surface area (Å²) in [4.78, 5) is 51.2. The fraction of sp³-hybridized carbons (Fsp3) is 0.333. The Hall–Kier alpha value is -3.63. The molecule has 32 heavy (non-hydrogen) atoms. The average molecular weight is 454 g/mol. The fourth-order valence-corrected chi connectivity index (χ4v) is 2.97. The molecule has 8 nitrogen and oxygen atoms in total. The summed E-state index contributed by atoms with van der Waals surface area (Å²) in [6, 6.07) is 3.45. The third-order valence-electron chi connectivity index (χ3n) is 4.62. The van der Waals surface area contributed by atoms with Gasteiger partial charge < -0.3 is 19.8 Å². The molecule has 1 amide bonds. The largest absolute Gasteiger partial charge is 0.465 e. The van der Waals surface area contributed by atoms with Gasteiger partial charge in [-0.3, -0.25) is 14.4 Å². The average Bonchev–Trinajstić information content (AvgIpc) is 3.04. The highest BCUT2D eigenvalue weighted by molar-refractivity contribution is 6.04. The maximum Gasteiger partial charge on any atom is 0.416 e. The van der Waals surface area contributed by atoms with Gasteiger partial charge in [-0.15, -0.1) is 0 Å². The topological polar surface area (TPSA) is 115 Å². The van der Waals surface area contributed by atoms with Crippen LogP contribution in [0.5, 0.6) is 0 Å². The zero-order chi connectivity index (χ0) is 24.2. The van der Waals surface area contributed by atoms with Gasteiger partial charge in [0.2, 0.25) is 5.78 Å². The standard InChI is InChI=1S/C21H21F3N2O6/c1-10-16(20(30)31-4)11(2)26-17(10)18(28)12(3)32-15(27)9-25-19(29)13-5-7-14(8-6-13)21(22,23)24/h5-8,12,26H,9H2,1-4H3,(H,25,29)/t12-/m1/s1. The molecule has 0 unspecified atom stereocenters. The van der Waals surface area contributed by atoms with Crippen LogP contribution in [0.15, 0.2) is 24.3 Å². The van der Waals surface area contributed by atoms with Crippen LogP contribution in [0.3, 0.4) is 0 Å². The van der Waals surface area contributed by atoms with Crippen molar-refractivity contribution in [2.24, 2.45) is 0 Å². The normalized spacial score (nSPS) is 12.1. The first-order valence-corrected chi connectivity index (χ1v) is 9.33. The number of hydrogen-bond donors (Lipinski definition) is 2. The van der Waals surface area contributed by atoms with E-state index in [1.54, 1.807) is 13.8 Å². The number of carbonyl (C=O) groups is 4. The Kier molecular flexibility index (Phi) is 7.44. The first-order chi connectivity index (χ1) is 14.9. The van der Waals surface area contributed by atoms with Crippen LogP contribution < -0.4 is 5.32 Å². The lowest BCUT2D eigenvalue weighted by molar-refractivity contribution is -0.145. The Morgan fingerprint density at radius 2 is 1.69 bits per heavy atom. The number of alkyl halides is 3. The molecule has 0 saturated carbocycles. The van der Waals surface area contributed by atoms with Gasteiger partial charge in [0.05, 0.1) is 23.9 Å². The van der Waals surface area contributed by atoms with Crippen molar-refractivity contribution in [1.82, 2.24) is 10.3 Å². The predicted molar refractivity (Wildman–Crippen MR) is 105 cm³/mol. The van der Waals surface area contributed by atoms with E-state index in [0.29, 0.717) is 11.3 Å². The summed E-state index contributed by atoms with van der Waals surface area (Å²) in [5.41, 5.74) is 0.0572. The fourth-order valence-electron chi connectivity index (χ4n) is 2.97. The number of halogens is 3. The molecule has 1 aromatic heterocycles. The van der Waals surface area contributed by atoms with Gasteiger partial charge in [-0.1, -0.05) is 0 Å². The summed E-state index contributed by atoms with van der Waals surface area (Å²) < 4.78 is 47.4. The lowest BCUT2D eigenvalue weighted by atomic mass is 10.1. The molecule has 0 fully saturated rings. The Morgan fingerprint density at radius 1 is 1.09 bits per heavy atom. The van der Waals surface area contributed by atoms with Crippen LogP contribution in [-0.2, 0) is 20.4 Å². The molecular formula is C21H21F3N2O6. The van der Waals surface area contributed by atoms with Gasteiger partial charge in [-0.25, -0.2) is 4.79 Å². The minimum absolute atomic E-state index is 0.0805. The molecular weight excluding hydrogens is 433 g/mol. The highest BCUT2D eigenvalue weighted by Crippen LogP contribution is 2.29. The zero-order valence-electron chi connectivity index (χ0n) is 17.7. The Balaban J connectivity index is 1.96. The highest BCUT2D eigenvalue weighted by Gasteiger charge is 2.30. The number of H-pyrrole nitrogens is 1. The Morgan fingerprint density at radius 3 is 2.22 bits per heavy atom. The van der Waals surface area contributed by atoms with Gasteiger partial charge in [0, 0.05) is 11.3 Å². The van der Waals surface area contributed by atoms with Crippen LogP contribution in [0.4, 0.5) is 13.2 Å². The second kappa shape index (κ2) is 9.67. The van der Waals surface area contributed by atoms with E-state index in [-0.39, 0.29) is 16.8 Å². The van der Waals surface area contributed by atoms with Crippen molar-refractivity contribution in [1.29, 1.82) is 0 Å². The number of carbonyl (C=O) groups excluding carboxylic acids is 4. The number of esters is 2. The van der Waals surface area contributed by atoms with Gasteiger partial charge in [-0.2, -0.15) is 13.2 Å². The van der Waals surface area contributed by atoms with Crippen LogP contribution in [0.25, 0.3) is 0 Å². The van der Waals surface area contributed by atoms with E-state index in [1.807, 2.05) is 0 Å². The smallest absolute Gasteiger partial charge is 0.416 e. The quantitative estimate of drug-likeness (QED) is 0.491. The van der Waals surface area contributed by atoms with Gasteiger partial charge in [-0.05, 0) is 50.6 Å². The molecule has 0 radical (unpaired) electrons. The minimum atomic E-state index is -4.53. The van der Waals surface area contributed by atoms with Gasteiger partial charge in [0.1, 0.15) is 6.54 Å². The number of ether oxygens (including phenoxy) is 2. The molecule has 0 aliphatic rings. The predicted octanol–water partition coefficient (Wildman–Crippen LogP) is 2.98. The van der Waals surface area contributed by atoms with Crippen molar-refractivity contribution in [3.05, 3.63) is 57.9 Å². The molecule has 2 N–H and O–H groups in total. The zero-order valence-corrected chi connectivity index (χ0v) is 17.7. The highest BCUT2D eigenvalue weighted by atomic mass is 19.4. The van der Waals surface area contributed by atoms with Crippen molar-refractivity contribution < 1.29 is 41.8 Å². The minimum Gasteiger partial charge on any atom is -0.465 e. The third kappa shape index (κ3) is 5.54. The van der Waals surface area contributed by atoms with Crippen LogP contribution in [0, 0.1) is 13.8 Å². The molecule has 0 saturated heterocycles. The lowest BCUT2D eigenvalue weighted by Gasteiger charge is -2.13. The van der Waals surface area contributed by atoms with Gasteiger partial charge in [0.15, 0.2) is 6.10 Å². The first-order valence-electron chi connectivity index (χ1n) is 9.33. The van der Waals surface area contributed by atoms with E-state index in [2.05, 4.69) is 15.0 Å². The summed E-state index contributed by atoms with van der Waals surface area (Å²) in [6.45, 7) is 3.85. The molecule has 1 heterocycles. The molecule has 11 heteroatoms.